The second-order valence-corrected chi connectivity index (χ2v) is 6.93. The SMILES string of the molecule is CS(=O)(=O)CCCNc1ncnc2sccc12. The van der Waals surface area contributed by atoms with E-state index in [1.54, 1.807) is 11.3 Å². The predicted molar refractivity (Wildman–Crippen MR) is 70.2 cm³/mol. The number of anilines is 1. The second kappa shape index (κ2) is 4.97. The lowest BCUT2D eigenvalue weighted by molar-refractivity contribution is 0.600. The highest BCUT2D eigenvalue weighted by atomic mass is 32.2. The topological polar surface area (TPSA) is 72.0 Å². The van der Waals surface area contributed by atoms with Crippen LogP contribution >= 0.6 is 11.3 Å². The molecule has 0 aliphatic carbocycles. The van der Waals surface area contributed by atoms with E-state index < -0.39 is 9.84 Å². The van der Waals surface area contributed by atoms with Gasteiger partial charge < -0.3 is 5.32 Å². The van der Waals surface area contributed by atoms with Crippen LogP contribution in [0.3, 0.4) is 0 Å². The van der Waals surface area contributed by atoms with E-state index in [1.165, 1.54) is 12.6 Å². The average Bonchev–Trinajstić information content (AvgIpc) is 2.71. The van der Waals surface area contributed by atoms with Crippen molar-refractivity contribution in [2.45, 2.75) is 6.42 Å². The summed E-state index contributed by atoms with van der Waals surface area (Å²) in [6.45, 7) is 0.592. The predicted octanol–water partition coefficient (Wildman–Crippen LogP) is 1.54. The Balaban J connectivity index is 1.97. The normalized spacial score (nSPS) is 11.8. The third-order valence-electron chi connectivity index (χ3n) is 2.25. The van der Waals surface area contributed by atoms with Gasteiger partial charge in [0.05, 0.1) is 11.1 Å². The van der Waals surface area contributed by atoms with E-state index in [9.17, 15) is 8.42 Å². The molecule has 0 bridgehead atoms. The molecule has 2 heterocycles. The number of nitrogens with zero attached hydrogens (tertiary/aromatic N) is 2. The van der Waals surface area contributed by atoms with Crippen molar-refractivity contribution in [2.75, 3.05) is 23.9 Å². The van der Waals surface area contributed by atoms with Gasteiger partial charge in [0, 0.05) is 12.8 Å². The summed E-state index contributed by atoms with van der Waals surface area (Å²) in [5.41, 5.74) is 0. The van der Waals surface area contributed by atoms with Gasteiger partial charge in [-0.3, -0.25) is 0 Å². The van der Waals surface area contributed by atoms with Gasteiger partial charge in [-0.1, -0.05) is 0 Å². The fraction of sp³-hybridized carbons (Fsp3) is 0.400. The summed E-state index contributed by atoms with van der Waals surface area (Å²) in [4.78, 5) is 9.22. The molecule has 0 fully saturated rings. The molecule has 0 radical (unpaired) electrons. The number of nitrogens with one attached hydrogen (secondary N) is 1. The number of thiophene rings is 1. The number of sulfone groups is 1. The number of hydrogen-bond acceptors (Lipinski definition) is 6. The summed E-state index contributed by atoms with van der Waals surface area (Å²) in [5, 5.41) is 6.08. The van der Waals surface area contributed by atoms with E-state index in [1.807, 2.05) is 11.4 Å². The van der Waals surface area contributed by atoms with Crippen LogP contribution in [0.1, 0.15) is 6.42 Å². The molecule has 1 N–H and O–H groups in total. The minimum Gasteiger partial charge on any atom is -0.369 e. The third kappa shape index (κ3) is 3.37. The molecule has 17 heavy (non-hydrogen) atoms. The molecule has 2 aromatic rings. The van der Waals surface area contributed by atoms with Crippen molar-refractivity contribution >= 4 is 37.2 Å². The number of rotatable bonds is 5. The van der Waals surface area contributed by atoms with E-state index >= 15 is 0 Å². The Morgan fingerprint density at radius 3 is 3.00 bits per heavy atom. The maximum Gasteiger partial charge on any atom is 0.147 e. The summed E-state index contributed by atoms with van der Waals surface area (Å²) >= 11 is 1.56. The highest BCUT2D eigenvalue weighted by molar-refractivity contribution is 7.90. The standard InChI is InChI=1S/C10H13N3O2S2/c1-17(14,15)6-2-4-11-9-8-3-5-16-10(8)13-7-12-9/h3,5,7H,2,4,6H2,1H3,(H,11,12,13). The Labute approximate surface area is 104 Å². The second-order valence-electron chi connectivity index (χ2n) is 3.77. The van der Waals surface area contributed by atoms with Crippen LogP contribution in [-0.2, 0) is 9.84 Å². The zero-order valence-electron chi connectivity index (χ0n) is 9.38. The van der Waals surface area contributed by atoms with Crippen molar-refractivity contribution in [1.82, 2.24) is 9.97 Å². The smallest absolute Gasteiger partial charge is 0.147 e. The minimum absolute atomic E-state index is 0.192. The first-order valence-corrected chi connectivity index (χ1v) is 8.10. The van der Waals surface area contributed by atoms with E-state index in [2.05, 4.69) is 15.3 Å². The molecule has 0 saturated carbocycles. The van der Waals surface area contributed by atoms with Gasteiger partial charge in [-0.2, -0.15) is 0 Å². The first-order valence-electron chi connectivity index (χ1n) is 5.16. The number of aromatic nitrogens is 2. The molecular formula is C10H13N3O2S2. The highest BCUT2D eigenvalue weighted by Crippen LogP contribution is 2.23. The van der Waals surface area contributed by atoms with Crippen LogP contribution in [0.25, 0.3) is 10.2 Å². The van der Waals surface area contributed by atoms with Crippen molar-refractivity contribution < 1.29 is 8.42 Å². The lowest BCUT2D eigenvalue weighted by Crippen LogP contribution is -2.10. The van der Waals surface area contributed by atoms with E-state index in [-0.39, 0.29) is 5.75 Å². The van der Waals surface area contributed by atoms with Crippen LogP contribution < -0.4 is 5.32 Å². The summed E-state index contributed by atoms with van der Waals surface area (Å²) in [7, 11) is -2.88. The molecule has 0 saturated heterocycles. The first kappa shape index (κ1) is 12.3. The molecule has 2 rings (SSSR count). The monoisotopic (exact) mass is 271 g/mol. The lowest BCUT2D eigenvalue weighted by Gasteiger charge is -2.05. The van der Waals surface area contributed by atoms with E-state index in [0.29, 0.717) is 13.0 Å². The summed E-state index contributed by atoms with van der Waals surface area (Å²) in [5.74, 6) is 0.961. The Kier molecular flexibility index (Phi) is 3.58. The zero-order chi connectivity index (χ0) is 12.3. The molecule has 92 valence electrons. The summed E-state index contributed by atoms with van der Waals surface area (Å²) in [6, 6.07) is 1.96. The van der Waals surface area contributed by atoms with Crippen LogP contribution in [0, 0.1) is 0 Å². The van der Waals surface area contributed by atoms with Gasteiger partial charge in [-0.05, 0) is 17.9 Å². The molecule has 0 unspecified atom stereocenters. The van der Waals surface area contributed by atoms with Crippen molar-refractivity contribution in [3.8, 4) is 0 Å². The Morgan fingerprint density at radius 2 is 2.24 bits per heavy atom. The van der Waals surface area contributed by atoms with E-state index in [4.69, 9.17) is 0 Å². The molecule has 0 amide bonds. The quantitative estimate of drug-likeness (QED) is 0.835. The largest absolute Gasteiger partial charge is 0.369 e. The van der Waals surface area contributed by atoms with Gasteiger partial charge in [0.1, 0.15) is 26.8 Å². The summed E-state index contributed by atoms with van der Waals surface area (Å²) in [6.07, 6.45) is 3.33. The van der Waals surface area contributed by atoms with Crippen molar-refractivity contribution in [1.29, 1.82) is 0 Å². The van der Waals surface area contributed by atoms with Crippen molar-refractivity contribution in [3.05, 3.63) is 17.8 Å². The van der Waals surface area contributed by atoms with Crippen LogP contribution in [0.4, 0.5) is 5.82 Å². The Hall–Kier alpha value is -1.21. The minimum atomic E-state index is -2.88. The molecule has 0 aliphatic heterocycles. The van der Waals surface area contributed by atoms with Crippen molar-refractivity contribution in [3.63, 3.8) is 0 Å². The Morgan fingerprint density at radius 1 is 1.41 bits per heavy atom. The fourth-order valence-electron chi connectivity index (χ4n) is 1.47. The molecule has 0 spiro atoms. The molecular weight excluding hydrogens is 258 g/mol. The maximum absolute atomic E-state index is 11.0. The maximum atomic E-state index is 11.0. The number of fused-ring (bicyclic) bond motifs is 1. The van der Waals surface area contributed by atoms with Gasteiger partial charge >= 0.3 is 0 Å². The van der Waals surface area contributed by atoms with Gasteiger partial charge in [0.15, 0.2) is 0 Å². The van der Waals surface area contributed by atoms with Crippen LogP contribution in [0.15, 0.2) is 17.8 Å². The number of hydrogen-bond donors (Lipinski definition) is 1. The molecule has 0 aliphatic rings. The van der Waals surface area contributed by atoms with E-state index in [0.717, 1.165) is 16.0 Å². The van der Waals surface area contributed by atoms with Gasteiger partial charge in [0.25, 0.3) is 0 Å². The van der Waals surface area contributed by atoms with Crippen LogP contribution in [0.2, 0.25) is 0 Å². The third-order valence-corrected chi connectivity index (χ3v) is 4.10. The zero-order valence-corrected chi connectivity index (χ0v) is 11.0. The van der Waals surface area contributed by atoms with Gasteiger partial charge in [-0.15, -0.1) is 11.3 Å². The Bertz CT molecular complexity index is 607. The van der Waals surface area contributed by atoms with Crippen LogP contribution in [0.5, 0.6) is 0 Å². The molecule has 2 aromatic heterocycles. The molecule has 5 nitrogen and oxygen atoms in total. The average molecular weight is 271 g/mol. The molecule has 0 aromatic carbocycles. The lowest BCUT2D eigenvalue weighted by atomic mass is 10.3. The fourth-order valence-corrected chi connectivity index (χ4v) is 2.87. The van der Waals surface area contributed by atoms with Crippen molar-refractivity contribution in [2.24, 2.45) is 0 Å². The van der Waals surface area contributed by atoms with Crippen LogP contribution in [-0.4, -0.2) is 36.9 Å². The first-order chi connectivity index (χ1) is 8.06. The van der Waals surface area contributed by atoms with Gasteiger partial charge in [0.2, 0.25) is 0 Å². The highest BCUT2D eigenvalue weighted by Gasteiger charge is 2.05. The molecule has 7 heteroatoms. The molecule has 0 atom stereocenters. The summed E-state index contributed by atoms with van der Waals surface area (Å²) < 4.78 is 21.9. The van der Waals surface area contributed by atoms with Gasteiger partial charge in [-0.25, -0.2) is 18.4 Å².